The van der Waals surface area contributed by atoms with Gasteiger partial charge in [-0.25, -0.2) is 5.43 Å². The maximum Gasteiger partial charge on any atom is 0.329 e. The molecule has 0 atom stereocenters. The van der Waals surface area contributed by atoms with Crippen molar-refractivity contribution in [2.75, 3.05) is 26.6 Å². The summed E-state index contributed by atoms with van der Waals surface area (Å²) in [4.78, 5) is 24.1. The smallest absolute Gasteiger partial charge is 0.329 e. The molecule has 2 amide bonds. The summed E-state index contributed by atoms with van der Waals surface area (Å²) in [7, 11) is 4.49. The van der Waals surface area contributed by atoms with Crippen LogP contribution in [0.15, 0.2) is 41.5 Å². The third kappa shape index (κ3) is 5.14. The highest BCUT2D eigenvalue weighted by atomic mass is 35.5. The minimum Gasteiger partial charge on any atom is -0.495 e. The summed E-state index contributed by atoms with van der Waals surface area (Å²) < 4.78 is 15.5. The van der Waals surface area contributed by atoms with Crippen molar-refractivity contribution in [1.29, 1.82) is 0 Å². The van der Waals surface area contributed by atoms with Gasteiger partial charge in [0.2, 0.25) is 0 Å². The van der Waals surface area contributed by atoms with Gasteiger partial charge >= 0.3 is 11.8 Å². The van der Waals surface area contributed by atoms with E-state index in [1.807, 2.05) is 0 Å². The van der Waals surface area contributed by atoms with E-state index in [2.05, 4.69) is 15.8 Å². The number of benzene rings is 2. The molecule has 2 N–H and O–H groups in total. The minimum absolute atomic E-state index is 0.274. The van der Waals surface area contributed by atoms with E-state index in [-0.39, 0.29) is 5.69 Å². The van der Waals surface area contributed by atoms with Crippen LogP contribution in [-0.2, 0) is 9.59 Å². The zero-order valence-electron chi connectivity index (χ0n) is 15.8. The molecular formula is C19H20ClN3O5. The molecule has 0 aromatic heterocycles. The highest BCUT2D eigenvalue weighted by molar-refractivity contribution is 6.40. The molecule has 0 spiro atoms. The van der Waals surface area contributed by atoms with Gasteiger partial charge in [0, 0.05) is 10.6 Å². The summed E-state index contributed by atoms with van der Waals surface area (Å²) in [6.45, 7) is 1.68. The quantitative estimate of drug-likeness (QED) is 0.437. The molecule has 9 heteroatoms. The van der Waals surface area contributed by atoms with E-state index < -0.39 is 11.8 Å². The van der Waals surface area contributed by atoms with Gasteiger partial charge in [0.1, 0.15) is 5.75 Å². The lowest BCUT2D eigenvalue weighted by Gasteiger charge is -2.10. The van der Waals surface area contributed by atoms with Gasteiger partial charge in [-0.2, -0.15) is 5.10 Å². The SMILES string of the molecule is COc1ccc(Cl)cc1NC(=O)C(=O)N/N=C(\C)c1ccc(OC)c(OC)c1. The molecule has 2 rings (SSSR count). The van der Waals surface area contributed by atoms with Gasteiger partial charge in [0.15, 0.2) is 11.5 Å². The van der Waals surface area contributed by atoms with Gasteiger partial charge in [-0.15, -0.1) is 0 Å². The van der Waals surface area contributed by atoms with Crippen LogP contribution >= 0.6 is 11.6 Å². The number of halogens is 1. The number of amides is 2. The fraction of sp³-hybridized carbons (Fsp3) is 0.211. The Bertz CT molecular complexity index is 914. The van der Waals surface area contributed by atoms with Crippen molar-refractivity contribution in [3.05, 3.63) is 47.0 Å². The lowest BCUT2D eigenvalue weighted by Crippen LogP contribution is -2.33. The number of carbonyl (C=O) groups excluding carboxylic acids is 2. The molecule has 0 fully saturated rings. The largest absolute Gasteiger partial charge is 0.495 e. The highest BCUT2D eigenvalue weighted by Crippen LogP contribution is 2.28. The van der Waals surface area contributed by atoms with Gasteiger partial charge in [0.25, 0.3) is 0 Å². The Kier molecular flexibility index (Phi) is 7.22. The van der Waals surface area contributed by atoms with Crippen molar-refractivity contribution in [2.24, 2.45) is 5.10 Å². The Morgan fingerprint density at radius 1 is 0.893 bits per heavy atom. The van der Waals surface area contributed by atoms with Crippen LogP contribution in [0.5, 0.6) is 17.2 Å². The molecule has 0 heterocycles. The number of anilines is 1. The van der Waals surface area contributed by atoms with Crippen molar-refractivity contribution in [3.63, 3.8) is 0 Å². The summed E-state index contributed by atoms with van der Waals surface area (Å²) in [6, 6.07) is 9.84. The van der Waals surface area contributed by atoms with Gasteiger partial charge in [-0.3, -0.25) is 9.59 Å². The van der Waals surface area contributed by atoms with E-state index in [4.69, 9.17) is 25.8 Å². The van der Waals surface area contributed by atoms with E-state index in [1.54, 1.807) is 37.3 Å². The van der Waals surface area contributed by atoms with Crippen LogP contribution in [0.3, 0.4) is 0 Å². The maximum atomic E-state index is 12.1. The van der Waals surface area contributed by atoms with Crippen LogP contribution in [0, 0.1) is 0 Å². The van der Waals surface area contributed by atoms with Crippen LogP contribution in [-0.4, -0.2) is 38.9 Å². The van der Waals surface area contributed by atoms with E-state index in [0.717, 1.165) is 0 Å². The second-order valence-corrected chi connectivity index (χ2v) is 5.94. The van der Waals surface area contributed by atoms with Crippen LogP contribution in [0.4, 0.5) is 5.69 Å². The zero-order valence-corrected chi connectivity index (χ0v) is 16.6. The zero-order chi connectivity index (χ0) is 20.7. The maximum absolute atomic E-state index is 12.1. The summed E-state index contributed by atoms with van der Waals surface area (Å²) in [5.41, 5.74) is 3.65. The van der Waals surface area contributed by atoms with Crippen molar-refractivity contribution in [1.82, 2.24) is 5.43 Å². The number of nitrogens with one attached hydrogen (secondary N) is 2. The fourth-order valence-electron chi connectivity index (χ4n) is 2.27. The lowest BCUT2D eigenvalue weighted by atomic mass is 10.1. The van der Waals surface area contributed by atoms with Gasteiger partial charge in [-0.05, 0) is 43.3 Å². The number of hydrogen-bond donors (Lipinski definition) is 2. The summed E-state index contributed by atoms with van der Waals surface area (Å²) in [5, 5.41) is 6.77. The number of rotatable bonds is 6. The first-order valence-corrected chi connectivity index (χ1v) is 8.49. The number of hydrogen-bond acceptors (Lipinski definition) is 6. The van der Waals surface area contributed by atoms with E-state index in [0.29, 0.717) is 33.5 Å². The first-order chi connectivity index (χ1) is 13.4. The summed E-state index contributed by atoms with van der Waals surface area (Å²) >= 11 is 5.91. The third-order valence-corrected chi connectivity index (χ3v) is 3.98. The Hall–Kier alpha value is -3.26. The summed E-state index contributed by atoms with van der Waals surface area (Å²) in [5.74, 6) is -0.397. The molecule has 2 aromatic carbocycles. The molecule has 8 nitrogen and oxygen atoms in total. The number of ether oxygens (including phenoxy) is 3. The molecule has 0 aliphatic heterocycles. The average molecular weight is 406 g/mol. The number of hydrazone groups is 1. The van der Waals surface area contributed by atoms with Crippen molar-refractivity contribution >= 4 is 34.8 Å². The molecule has 0 saturated heterocycles. The second kappa shape index (κ2) is 9.61. The van der Waals surface area contributed by atoms with Gasteiger partial charge < -0.3 is 19.5 Å². The van der Waals surface area contributed by atoms with Crippen LogP contribution in [0.25, 0.3) is 0 Å². The molecular weight excluding hydrogens is 386 g/mol. The Labute approximate surface area is 167 Å². The first-order valence-electron chi connectivity index (χ1n) is 8.11. The predicted octanol–water partition coefficient (Wildman–Crippen LogP) is 2.84. The molecule has 148 valence electrons. The monoisotopic (exact) mass is 405 g/mol. The molecule has 2 aromatic rings. The standard InChI is InChI=1S/C19H20ClN3O5/c1-11(12-5-7-16(27-3)17(9-12)28-4)22-23-19(25)18(24)21-14-10-13(20)6-8-15(14)26-2/h5-10H,1-4H3,(H,21,24)(H,23,25)/b22-11+. The van der Waals surface area contributed by atoms with E-state index in [1.165, 1.54) is 27.4 Å². The third-order valence-electron chi connectivity index (χ3n) is 3.74. The first kappa shape index (κ1) is 21.0. The van der Waals surface area contributed by atoms with Crippen LogP contribution < -0.4 is 25.0 Å². The van der Waals surface area contributed by atoms with E-state index in [9.17, 15) is 9.59 Å². The summed E-state index contributed by atoms with van der Waals surface area (Å²) in [6.07, 6.45) is 0. The van der Waals surface area contributed by atoms with Gasteiger partial charge in [0.05, 0.1) is 32.7 Å². The Balaban J connectivity index is 2.08. The Morgan fingerprint density at radius 2 is 1.54 bits per heavy atom. The van der Waals surface area contributed by atoms with Crippen LogP contribution in [0.1, 0.15) is 12.5 Å². The normalized spacial score (nSPS) is 10.8. The lowest BCUT2D eigenvalue weighted by molar-refractivity contribution is -0.136. The Morgan fingerprint density at radius 3 is 2.18 bits per heavy atom. The van der Waals surface area contributed by atoms with Crippen molar-refractivity contribution in [3.8, 4) is 17.2 Å². The average Bonchev–Trinajstić information content (AvgIpc) is 2.71. The molecule has 0 aliphatic rings. The molecule has 0 radical (unpaired) electrons. The topological polar surface area (TPSA) is 98.2 Å². The molecule has 0 unspecified atom stereocenters. The highest BCUT2D eigenvalue weighted by Gasteiger charge is 2.16. The van der Waals surface area contributed by atoms with E-state index >= 15 is 0 Å². The van der Waals surface area contributed by atoms with Crippen LogP contribution in [0.2, 0.25) is 5.02 Å². The number of nitrogens with zero attached hydrogens (tertiary/aromatic N) is 1. The number of methoxy groups -OCH3 is 3. The second-order valence-electron chi connectivity index (χ2n) is 5.51. The molecule has 0 saturated carbocycles. The van der Waals surface area contributed by atoms with Crippen molar-refractivity contribution < 1.29 is 23.8 Å². The van der Waals surface area contributed by atoms with Crippen molar-refractivity contribution in [2.45, 2.75) is 6.92 Å². The molecule has 0 aliphatic carbocycles. The minimum atomic E-state index is -0.943. The predicted molar refractivity (Wildman–Crippen MR) is 107 cm³/mol. The fourth-order valence-corrected chi connectivity index (χ4v) is 2.44. The van der Waals surface area contributed by atoms with Gasteiger partial charge in [-0.1, -0.05) is 11.6 Å². The number of carbonyl (C=O) groups is 2. The molecule has 0 bridgehead atoms. The molecule has 28 heavy (non-hydrogen) atoms.